The van der Waals surface area contributed by atoms with Crippen LogP contribution in [0.4, 0.5) is 0 Å². The van der Waals surface area contributed by atoms with Gasteiger partial charge in [-0.25, -0.2) is 0 Å². The van der Waals surface area contributed by atoms with Gasteiger partial charge in [0, 0.05) is 43.8 Å². The molecule has 1 N–H and O–H groups in total. The van der Waals surface area contributed by atoms with Gasteiger partial charge in [-0.2, -0.15) is 5.10 Å². The highest BCUT2D eigenvalue weighted by Crippen LogP contribution is 2.20. The maximum absolute atomic E-state index is 10.6. The lowest BCUT2D eigenvalue weighted by atomic mass is 10.00. The molecule has 3 heterocycles. The topological polar surface area (TPSA) is 54.2 Å². The smallest absolute Gasteiger partial charge is 0.0863 e. The van der Waals surface area contributed by atoms with E-state index in [0.717, 1.165) is 30.8 Å². The lowest BCUT2D eigenvalue weighted by Gasteiger charge is -2.30. The van der Waals surface area contributed by atoms with E-state index in [0.29, 0.717) is 13.1 Å². The summed E-state index contributed by atoms with van der Waals surface area (Å²) in [6.07, 6.45) is 5.92. The van der Waals surface area contributed by atoms with Crippen molar-refractivity contribution in [2.75, 3.05) is 13.1 Å². The number of aromatic nitrogens is 3. The predicted molar refractivity (Wildman–Crippen MR) is 96.9 cm³/mol. The van der Waals surface area contributed by atoms with Gasteiger partial charge >= 0.3 is 0 Å². The highest BCUT2D eigenvalue weighted by Gasteiger charge is 2.19. The largest absolute Gasteiger partial charge is 0.390 e. The summed E-state index contributed by atoms with van der Waals surface area (Å²) in [6.45, 7) is 3.04. The Kier molecular flexibility index (Phi) is 4.59. The summed E-state index contributed by atoms with van der Waals surface area (Å²) in [4.78, 5) is 6.38. The second-order valence-electron chi connectivity index (χ2n) is 6.54. The summed E-state index contributed by atoms with van der Waals surface area (Å²) in [5, 5.41) is 15.0. The van der Waals surface area contributed by atoms with Crippen LogP contribution in [0.3, 0.4) is 0 Å². The third kappa shape index (κ3) is 3.62. The van der Waals surface area contributed by atoms with E-state index in [-0.39, 0.29) is 0 Å². The van der Waals surface area contributed by atoms with Gasteiger partial charge in [-0.1, -0.05) is 24.3 Å². The van der Waals surface area contributed by atoms with E-state index in [1.54, 1.807) is 18.6 Å². The molecule has 0 saturated carbocycles. The number of nitrogens with zero attached hydrogens (tertiary/aromatic N) is 4. The van der Waals surface area contributed by atoms with Crippen molar-refractivity contribution in [3.8, 4) is 11.3 Å². The number of rotatable bonds is 5. The zero-order valence-electron chi connectivity index (χ0n) is 14.1. The molecule has 0 fully saturated rings. The Labute approximate surface area is 147 Å². The SMILES string of the molecule is OC(CN1CCc2ccccc2C1)Cn1nccc1-c1ccncc1. The van der Waals surface area contributed by atoms with E-state index in [2.05, 4.69) is 39.2 Å². The third-order valence-electron chi connectivity index (χ3n) is 4.75. The van der Waals surface area contributed by atoms with Crippen molar-refractivity contribution in [3.63, 3.8) is 0 Å². The minimum absolute atomic E-state index is 0.453. The lowest BCUT2D eigenvalue weighted by Crippen LogP contribution is -2.38. The second-order valence-corrected chi connectivity index (χ2v) is 6.54. The van der Waals surface area contributed by atoms with Gasteiger partial charge in [-0.3, -0.25) is 14.6 Å². The fraction of sp³-hybridized carbons (Fsp3) is 0.300. The molecule has 5 nitrogen and oxygen atoms in total. The molecule has 0 radical (unpaired) electrons. The van der Waals surface area contributed by atoms with Gasteiger partial charge in [0.15, 0.2) is 0 Å². The van der Waals surface area contributed by atoms with Gasteiger partial charge in [0.1, 0.15) is 0 Å². The van der Waals surface area contributed by atoms with Crippen LogP contribution in [0, 0.1) is 0 Å². The van der Waals surface area contributed by atoms with Crippen LogP contribution >= 0.6 is 0 Å². The van der Waals surface area contributed by atoms with Crippen LogP contribution in [0.1, 0.15) is 11.1 Å². The zero-order chi connectivity index (χ0) is 17.1. The highest BCUT2D eigenvalue weighted by atomic mass is 16.3. The first-order valence-electron chi connectivity index (χ1n) is 8.69. The van der Waals surface area contributed by atoms with Crippen molar-refractivity contribution < 1.29 is 5.11 Å². The van der Waals surface area contributed by atoms with E-state index in [1.165, 1.54) is 11.1 Å². The van der Waals surface area contributed by atoms with Crippen molar-refractivity contribution in [3.05, 3.63) is 72.2 Å². The number of β-amino-alcohol motifs (C(OH)–C–C–N with tert-alkyl or cyclic N) is 1. The molecule has 1 aromatic carbocycles. The molecule has 0 saturated heterocycles. The number of hydrogen-bond acceptors (Lipinski definition) is 4. The molecular formula is C20H22N4O. The molecule has 2 aromatic heterocycles. The number of benzene rings is 1. The average Bonchev–Trinajstić information content (AvgIpc) is 3.10. The third-order valence-corrected chi connectivity index (χ3v) is 4.75. The Morgan fingerprint density at radius 2 is 1.76 bits per heavy atom. The van der Waals surface area contributed by atoms with Crippen molar-refractivity contribution in [1.82, 2.24) is 19.7 Å². The zero-order valence-corrected chi connectivity index (χ0v) is 14.1. The maximum Gasteiger partial charge on any atom is 0.0863 e. The molecule has 5 heteroatoms. The van der Waals surface area contributed by atoms with Crippen LogP contribution in [0.2, 0.25) is 0 Å². The number of hydrogen-bond donors (Lipinski definition) is 1. The van der Waals surface area contributed by atoms with Crippen molar-refractivity contribution in [1.29, 1.82) is 0 Å². The summed E-state index contributed by atoms with van der Waals surface area (Å²) >= 11 is 0. The first-order valence-corrected chi connectivity index (χ1v) is 8.69. The van der Waals surface area contributed by atoms with Crippen LogP contribution in [-0.4, -0.2) is 44.0 Å². The summed E-state index contributed by atoms with van der Waals surface area (Å²) < 4.78 is 1.87. The van der Waals surface area contributed by atoms with Crippen LogP contribution in [0.5, 0.6) is 0 Å². The van der Waals surface area contributed by atoms with Crippen LogP contribution in [0.15, 0.2) is 61.1 Å². The Morgan fingerprint density at radius 1 is 0.960 bits per heavy atom. The van der Waals surface area contributed by atoms with Crippen molar-refractivity contribution in [2.45, 2.75) is 25.6 Å². The van der Waals surface area contributed by atoms with E-state index >= 15 is 0 Å². The van der Waals surface area contributed by atoms with E-state index in [1.807, 2.05) is 22.9 Å². The van der Waals surface area contributed by atoms with Gasteiger partial charge in [-0.05, 0) is 35.7 Å². The van der Waals surface area contributed by atoms with Crippen LogP contribution in [-0.2, 0) is 19.5 Å². The first-order chi connectivity index (χ1) is 12.3. The van der Waals surface area contributed by atoms with Crippen molar-refractivity contribution >= 4 is 0 Å². The fourth-order valence-corrected chi connectivity index (χ4v) is 3.51. The molecule has 3 aromatic rings. The monoisotopic (exact) mass is 334 g/mol. The normalized spacial score (nSPS) is 15.7. The summed E-state index contributed by atoms with van der Waals surface area (Å²) in [5.41, 5.74) is 4.87. The number of aliphatic hydroxyl groups excluding tert-OH is 1. The summed E-state index contributed by atoms with van der Waals surface area (Å²) in [6, 6.07) is 14.5. The molecule has 0 aliphatic carbocycles. The van der Waals surface area contributed by atoms with E-state index in [4.69, 9.17) is 0 Å². The molecule has 128 valence electrons. The first kappa shape index (κ1) is 16.0. The Bertz CT molecular complexity index is 830. The summed E-state index contributed by atoms with van der Waals surface area (Å²) in [5.74, 6) is 0. The summed E-state index contributed by atoms with van der Waals surface area (Å²) in [7, 11) is 0. The van der Waals surface area contributed by atoms with Crippen LogP contribution in [0.25, 0.3) is 11.3 Å². The second kappa shape index (κ2) is 7.17. The average molecular weight is 334 g/mol. The predicted octanol–water partition coefficient (Wildman–Crippen LogP) is 2.36. The Morgan fingerprint density at radius 3 is 2.60 bits per heavy atom. The molecule has 4 rings (SSSR count). The number of aliphatic hydroxyl groups is 1. The molecular weight excluding hydrogens is 312 g/mol. The molecule has 1 aliphatic rings. The van der Waals surface area contributed by atoms with Gasteiger partial charge in [0.25, 0.3) is 0 Å². The standard InChI is InChI=1S/C20H22N4O/c25-19(14-23-12-8-16-3-1-2-4-18(16)13-23)15-24-20(7-11-22-24)17-5-9-21-10-6-17/h1-7,9-11,19,25H,8,12-15H2. The maximum atomic E-state index is 10.6. The molecule has 1 unspecified atom stereocenters. The lowest BCUT2D eigenvalue weighted by molar-refractivity contribution is 0.0893. The van der Waals surface area contributed by atoms with Gasteiger partial charge in [0.2, 0.25) is 0 Å². The highest BCUT2D eigenvalue weighted by molar-refractivity contribution is 5.58. The Balaban J connectivity index is 1.41. The number of pyridine rings is 1. The van der Waals surface area contributed by atoms with Gasteiger partial charge < -0.3 is 5.11 Å². The molecule has 25 heavy (non-hydrogen) atoms. The van der Waals surface area contributed by atoms with Gasteiger partial charge in [-0.15, -0.1) is 0 Å². The number of fused-ring (bicyclic) bond motifs is 1. The van der Waals surface area contributed by atoms with Crippen LogP contribution < -0.4 is 0 Å². The molecule has 0 spiro atoms. The van der Waals surface area contributed by atoms with Crippen molar-refractivity contribution in [2.24, 2.45) is 0 Å². The van der Waals surface area contributed by atoms with Gasteiger partial charge in [0.05, 0.1) is 18.3 Å². The molecule has 1 aliphatic heterocycles. The fourth-order valence-electron chi connectivity index (χ4n) is 3.51. The molecule has 0 bridgehead atoms. The van der Waals surface area contributed by atoms with E-state index < -0.39 is 6.10 Å². The molecule has 1 atom stereocenters. The van der Waals surface area contributed by atoms with E-state index in [9.17, 15) is 5.11 Å². The minimum atomic E-state index is -0.453. The Hall–Kier alpha value is -2.50. The quantitative estimate of drug-likeness (QED) is 0.778. The molecule has 0 amide bonds. The minimum Gasteiger partial charge on any atom is -0.390 e.